The van der Waals surface area contributed by atoms with Crippen molar-refractivity contribution in [1.29, 1.82) is 0 Å². The molecule has 2 aliphatic heterocycles. The Labute approximate surface area is 74.3 Å². The number of hydrogen-bond donors (Lipinski definition) is 0. The predicted molar refractivity (Wildman–Crippen MR) is 48.3 cm³/mol. The summed E-state index contributed by atoms with van der Waals surface area (Å²) in [4.78, 5) is 4.94. The molecule has 0 N–H and O–H groups in total. The van der Waals surface area contributed by atoms with E-state index < -0.39 is 0 Å². The third kappa shape index (κ3) is 2.44. The second kappa shape index (κ2) is 3.73. The van der Waals surface area contributed by atoms with Gasteiger partial charge in [-0.25, -0.2) is 0 Å². The highest BCUT2D eigenvalue weighted by atomic mass is 16.6. The fraction of sp³-hybridized carbons (Fsp3) is 1.00. The van der Waals surface area contributed by atoms with Crippen LogP contribution in [0.3, 0.4) is 0 Å². The van der Waals surface area contributed by atoms with Gasteiger partial charge in [-0.1, -0.05) is 0 Å². The second-order valence-electron chi connectivity index (χ2n) is 3.91. The third-order valence-corrected chi connectivity index (χ3v) is 2.68. The van der Waals surface area contributed by atoms with Gasteiger partial charge >= 0.3 is 0 Å². The van der Waals surface area contributed by atoms with Gasteiger partial charge in [-0.15, -0.1) is 0 Å². The van der Waals surface area contributed by atoms with Crippen molar-refractivity contribution in [1.82, 2.24) is 9.80 Å². The van der Waals surface area contributed by atoms with Crippen LogP contribution in [0.4, 0.5) is 0 Å². The quantitative estimate of drug-likeness (QED) is 0.545. The predicted octanol–water partition coefficient (Wildman–Crippen LogP) is 0.0227. The lowest BCUT2D eigenvalue weighted by Gasteiger charge is -2.18. The summed E-state index contributed by atoms with van der Waals surface area (Å²) in [5, 5.41) is 0. The van der Waals surface area contributed by atoms with Crippen LogP contribution in [-0.4, -0.2) is 62.3 Å². The first-order valence-electron chi connectivity index (χ1n) is 4.87. The van der Waals surface area contributed by atoms with Crippen LogP contribution < -0.4 is 0 Å². The average Bonchev–Trinajstić information content (AvgIpc) is 2.83. The van der Waals surface area contributed by atoms with Crippen molar-refractivity contribution in [2.75, 3.05) is 46.4 Å². The second-order valence-corrected chi connectivity index (χ2v) is 3.91. The SMILES string of the molecule is CN1CCCN(CC2CO2)CC1. The number of epoxide rings is 1. The molecule has 0 aliphatic carbocycles. The molecule has 0 bridgehead atoms. The van der Waals surface area contributed by atoms with Crippen LogP contribution in [0.1, 0.15) is 6.42 Å². The van der Waals surface area contributed by atoms with Crippen molar-refractivity contribution in [3.63, 3.8) is 0 Å². The van der Waals surface area contributed by atoms with Crippen LogP contribution >= 0.6 is 0 Å². The summed E-state index contributed by atoms with van der Waals surface area (Å²) in [7, 11) is 2.21. The minimum atomic E-state index is 0.563. The third-order valence-electron chi connectivity index (χ3n) is 2.68. The monoisotopic (exact) mass is 170 g/mol. The number of likely N-dealkylation sites (N-methyl/N-ethyl adjacent to an activating group) is 1. The smallest absolute Gasteiger partial charge is 0.0936 e. The van der Waals surface area contributed by atoms with E-state index in [0.29, 0.717) is 6.10 Å². The van der Waals surface area contributed by atoms with Gasteiger partial charge in [-0.2, -0.15) is 0 Å². The lowest BCUT2D eigenvalue weighted by Crippen LogP contribution is -2.31. The Bertz CT molecular complexity index is 147. The average molecular weight is 170 g/mol. The molecule has 1 unspecified atom stereocenters. The minimum Gasteiger partial charge on any atom is -0.372 e. The zero-order valence-electron chi connectivity index (χ0n) is 7.83. The number of nitrogens with zero attached hydrogens (tertiary/aromatic N) is 2. The Hall–Kier alpha value is -0.120. The highest BCUT2D eigenvalue weighted by Crippen LogP contribution is 2.12. The van der Waals surface area contributed by atoms with Gasteiger partial charge < -0.3 is 9.64 Å². The standard InChI is InChI=1S/C9H18N2O/c1-10-3-2-4-11(6-5-10)7-9-8-12-9/h9H,2-8H2,1H3. The summed E-state index contributed by atoms with van der Waals surface area (Å²) in [6, 6.07) is 0. The number of hydrogen-bond acceptors (Lipinski definition) is 3. The van der Waals surface area contributed by atoms with E-state index in [0.717, 1.165) is 13.2 Å². The molecule has 1 atom stereocenters. The first-order valence-corrected chi connectivity index (χ1v) is 4.87. The van der Waals surface area contributed by atoms with Gasteiger partial charge in [0.2, 0.25) is 0 Å². The van der Waals surface area contributed by atoms with Crippen molar-refractivity contribution in [3.8, 4) is 0 Å². The molecule has 0 aromatic carbocycles. The zero-order valence-corrected chi connectivity index (χ0v) is 7.83. The number of ether oxygens (including phenoxy) is 1. The Morgan fingerprint density at radius 3 is 2.83 bits per heavy atom. The first kappa shape index (κ1) is 8.48. The highest BCUT2D eigenvalue weighted by Gasteiger charge is 2.25. The molecule has 12 heavy (non-hydrogen) atoms. The summed E-state index contributed by atoms with van der Waals surface area (Å²) in [5.74, 6) is 0. The maximum Gasteiger partial charge on any atom is 0.0936 e. The van der Waals surface area contributed by atoms with Crippen LogP contribution in [0.5, 0.6) is 0 Å². The fourth-order valence-electron chi connectivity index (χ4n) is 1.74. The van der Waals surface area contributed by atoms with Crippen molar-refractivity contribution in [2.45, 2.75) is 12.5 Å². The van der Waals surface area contributed by atoms with Gasteiger partial charge in [0.15, 0.2) is 0 Å². The van der Waals surface area contributed by atoms with E-state index in [1.165, 1.54) is 32.6 Å². The Kier molecular flexibility index (Phi) is 2.63. The van der Waals surface area contributed by atoms with E-state index in [-0.39, 0.29) is 0 Å². The van der Waals surface area contributed by atoms with Crippen molar-refractivity contribution < 1.29 is 4.74 Å². The molecule has 3 nitrogen and oxygen atoms in total. The number of rotatable bonds is 2. The summed E-state index contributed by atoms with van der Waals surface area (Å²) in [5.41, 5.74) is 0. The van der Waals surface area contributed by atoms with E-state index >= 15 is 0 Å². The van der Waals surface area contributed by atoms with Gasteiger partial charge in [-0.3, -0.25) is 4.90 Å². The van der Waals surface area contributed by atoms with Crippen LogP contribution in [0.15, 0.2) is 0 Å². The molecule has 70 valence electrons. The molecule has 0 spiro atoms. The molecule has 0 saturated carbocycles. The summed E-state index contributed by atoms with van der Waals surface area (Å²) >= 11 is 0. The summed E-state index contributed by atoms with van der Waals surface area (Å²) in [6.07, 6.45) is 1.87. The van der Waals surface area contributed by atoms with Crippen LogP contribution in [0, 0.1) is 0 Å². The van der Waals surface area contributed by atoms with E-state index in [9.17, 15) is 0 Å². The molecule has 2 saturated heterocycles. The van der Waals surface area contributed by atoms with Gasteiger partial charge in [0.25, 0.3) is 0 Å². The van der Waals surface area contributed by atoms with Gasteiger partial charge in [0, 0.05) is 19.6 Å². The van der Waals surface area contributed by atoms with Crippen molar-refractivity contribution >= 4 is 0 Å². The normalized spacial score (nSPS) is 33.2. The largest absolute Gasteiger partial charge is 0.372 e. The first-order chi connectivity index (χ1) is 5.84. The van der Waals surface area contributed by atoms with E-state index in [4.69, 9.17) is 4.74 Å². The topological polar surface area (TPSA) is 19.0 Å². The Morgan fingerprint density at radius 2 is 2.08 bits per heavy atom. The molecule has 2 aliphatic rings. The van der Waals surface area contributed by atoms with Crippen LogP contribution in [0.25, 0.3) is 0 Å². The Morgan fingerprint density at radius 1 is 1.25 bits per heavy atom. The fourth-order valence-corrected chi connectivity index (χ4v) is 1.74. The molecule has 0 aromatic rings. The molecule has 3 heteroatoms. The van der Waals surface area contributed by atoms with E-state index in [1.807, 2.05) is 0 Å². The highest BCUT2D eigenvalue weighted by molar-refractivity contribution is 4.76. The zero-order chi connectivity index (χ0) is 8.39. The van der Waals surface area contributed by atoms with Gasteiger partial charge in [-0.05, 0) is 26.6 Å². The van der Waals surface area contributed by atoms with E-state index in [1.54, 1.807) is 0 Å². The minimum absolute atomic E-state index is 0.563. The Balaban J connectivity index is 1.73. The lowest BCUT2D eigenvalue weighted by atomic mass is 10.3. The molecular formula is C9H18N2O. The maximum absolute atomic E-state index is 5.22. The van der Waals surface area contributed by atoms with E-state index in [2.05, 4.69) is 16.8 Å². The van der Waals surface area contributed by atoms with Gasteiger partial charge in [0.05, 0.1) is 12.7 Å². The molecule has 0 radical (unpaired) electrons. The van der Waals surface area contributed by atoms with Crippen LogP contribution in [-0.2, 0) is 4.74 Å². The molecule has 0 aromatic heterocycles. The lowest BCUT2D eigenvalue weighted by molar-refractivity contribution is 0.246. The maximum atomic E-state index is 5.22. The molecular weight excluding hydrogens is 152 g/mol. The summed E-state index contributed by atoms with van der Waals surface area (Å²) < 4.78 is 5.22. The molecule has 0 amide bonds. The van der Waals surface area contributed by atoms with Crippen molar-refractivity contribution in [3.05, 3.63) is 0 Å². The molecule has 2 rings (SSSR count). The molecule has 2 heterocycles. The van der Waals surface area contributed by atoms with Crippen LogP contribution in [0.2, 0.25) is 0 Å². The van der Waals surface area contributed by atoms with Gasteiger partial charge in [0.1, 0.15) is 0 Å². The summed E-state index contributed by atoms with van der Waals surface area (Å²) in [6.45, 7) is 7.09. The molecule has 2 fully saturated rings. The van der Waals surface area contributed by atoms with Crippen molar-refractivity contribution in [2.24, 2.45) is 0 Å².